The monoisotopic (exact) mass is 183 g/mol. The number of nitrogens with two attached hydrogens (primary N) is 1. The van der Waals surface area contributed by atoms with Crippen molar-refractivity contribution in [2.45, 2.75) is 6.10 Å². The summed E-state index contributed by atoms with van der Waals surface area (Å²) in [7, 11) is 1.51. The number of hydrogen-bond donors (Lipinski definition) is 3. The number of hydrogen-bond acceptors (Lipinski definition) is 4. The Morgan fingerprint density at radius 3 is 2.69 bits per heavy atom. The summed E-state index contributed by atoms with van der Waals surface area (Å²) in [5.41, 5.74) is 5.67. The maximum absolute atomic E-state index is 9.43. The first-order valence-corrected chi connectivity index (χ1v) is 3.94. The molecule has 0 unspecified atom stereocenters. The lowest BCUT2D eigenvalue weighted by Gasteiger charge is -2.10. The highest BCUT2D eigenvalue weighted by atomic mass is 16.5. The van der Waals surface area contributed by atoms with E-state index in [0.717, 1.165) is 0 Å². The number of phenols is 1. The number of aliphatic hydroxyl groups excluding tert-OH is 1. The van der Waals surface area contributed by atoms with Crippen molar-refractivity contribution in [1.29, 1.82) is 0 Å². The Bertz CT molecular complexity index is 288. The van der Waals surface area contributed by atoms with Crippen molar-refractivity contribution in [3.8, 4) is 11.5 Å². The molecule has 0 spiro atoms. The molecule has 0 aliphatic heterocycles. The van der Waals surface area contributed by atoms with Crippen molar-refractivity contribution < 1.29 is 14.9 Å². The zero-order chi connectivity index (χ0) is 9.84. The first-order valence-electron chi connectivity index (χ1n) is 3.94. The van der Waals surface area contributed by atoms with E-state index in [2.05, 4.69) is 0 Å². The second kappa shape index (κ2) is 4.11. The summed E-state index contributed by atoms with van der Waals surface area (Å²) in [6.07, 6.45) is -0.828. The Morgan fingerprint density at radius 2 is 2.23 bits per heavy atom. The quantitative estimate of drug-likeness (QED) is 0.633. The zero-order valence-corrected chi connectivity index (χ0v) is 7.40. The molecular formula is C9H13NO3. The van der Waals surface area contributed by atoms with E-state index in [4.69, 9.17) is 10.5 Å². The molecule has 1 rings (SSSR count). The number of methoxy groups -OCH3 is 1. The lowest BCUT2D eigenvalue weighted by molar-refractivity contribution is 0.182. The molecule has 0 aromatic heterocycles. The van der Waals surface area contributed by atoms with Crippen LogP contribution in [0, 0.1) is 0 Å². The highest BCUT2D eigenvalue weighted by Gasteiger charge is 2.10. The molecule has 4 nitrogen and oxygen atoms in total. The second-order valence-electron chi connectivity index (χ2n) is 2.68. The average Bonchev–Trinajstić information content (AvgIpc) is 2.16. The summed E-state index contributed by atoms with van der Waals surface area (Å²) < 4.78 is 4.89. The molecule has 4 heteroatoms. The van der Waals surface area contributed by atoms with E-state index >= 15 is 0 Å². The van der Waals surface area contributed by atoms with E-state index in [-0.39, 0.29) is 12.3 Å². The molecule has 0 heterocycles. The first-order chi connectivity index (χ1) is 6.19. The van der Waals surface area contributed by atoms with Gasteiger partial charge in [-0.1, -0.05) is 0 Å². The Balaban J connectivity index is 2.98. The van der Waals surface area contributed by atoms with Gasteiger partial charge in [-0.05, 0) is 12.1 Å². The Kier molecular flexibility index (Phi) is 3.11. The number of aromatic hydroxyl groups is 1. The highest BCUT2D eigenvalue weighted by molar-refractivity contribution is 5.40. The van der Waals surface area contributed by atoms with Crippen LogP contribution in [-0.2, 0) is 0 Å². The summed E-state index contributed by atoms with van der Waals surface area (Å²) in [6, 6.07) is 4.69. The summed E-state index contributed by atoms with van der Waals surface area (Å²) >= 11 is 0. The molecule has 0 amide bonds. The van der Waals surface area contributed by atoms with E-state index < -0.39 is 6.10 Å². The van der Waals surface area contributed by atoms with E-state index in [9.17, 15) is 10.2 Å². The first kappa shape index (κ1) is 9.83. The Hall–Kier alpha value is -1.26. The average molecular weight is 183 g/mol. The third kappa shape index (κ3) is 2.11. The van der Waals surface area contributed by atoms with Crippen LogP contribution in [0.5, 0.6) is 11.5 Å². The SMILES string of the molecule is COc1ccc([C@H](O)CN)c(O)c1. The minimum absolute atomic E-state index is 0.00250. The van der Waals surface area contributed by atoms with Gasteiger partial charge in [0.25, 0.3) is 0 Å². The van der Waals surface area contributed by atoms with Crippen molar-refractivity contribution in [1.82, 2.24) is 0 Å². The molecule has 1 atom stereocenters. The molecule has 0 bridgehead atoms. The molecule has 1 aromatic carbocycles. The topological polar surface area (TPSA) is 75.7 Å². The van der Waals surface area contributed by atoms with Crippen LogP contribution in [0.2, 0.25) is 0 Å². The number of aliphatic hydroxyl groups is 1. The largest absolute Gasteiger partial charge is 0.507 e. The van der Waals surface area contributed by atoms with Gasteiger partial charge >= 0.3 is 0 Å². The molecule has 0 aliphatic rings. The summed E-state index contributed by atoms with van der Waals surface area (Å²) in [5.74, 6) is 0.544. The number of phenolic OH excluding ortho intramolecular Hbond substituents is 1. The fraction of sp³-hybridized carbons (Fsp3) is 0.333. The van der Waals surface area contributed by atoms with Gasteiger partial charge in [-0.25, -0.2) is 0 Å². The van der Waals surface area contributed by atoms with Gasteiger partial charge in [0, 0.05) is 18.2 Å². The molecular weight excluding hydrogens is 170 g/mol. The number of ether oxygens (including phenoxy) is 1. The fourth-order valence-corrected chi connectivity index (χ4v) is 1.06. The molecule has 0 fully saturated rings. The van der Waals surface area contributed by atoms with Gasteiger partial charge in [0.2, 0.25) is 0 Å². The van der Waals surface area contributed by atoms with Gasteiger partial charge in [-0.2, -0.15) is 0 Å². The van der Waals surface area contributed by atoms with Gasteiger partial charge in [0.15, 0.2) is 0 Å². The predicted molar refractivity (Wildman–Crippen MR) is 48.7 cm³/mol. The maximum Gasteiger partial charge on any atom is 0.125 e. The van der Waals surface area contributed by atoms with E-state index in [0.29, 0.717) is 11.3 Å². The van der Waals surface area contributed by atoms with Crippen LogP contribution in [0.25, 0.3) is 0 Å². The molecule has 0 saturated heterocycles. The smallest absolute Gasteiger partial charge is 0.125 e. The summed E-state index contributed by atoms with van der Waals surface area (Å²) in [5, 5.41) is 18.8. The van der Waals surface area contributed by atoms with Crippen molar-refractivity contribution in [3.05, 3.63) is 23.8 Å². The van der Waals surface area contributed by atoms with E-state index in [1.54, 1.807) is 12.1 Å². The minimum Gasteiger partial charge on any atom is -0.507 e. The Labute approximate surface area is 76.6 Å². The van der Waals surface area contributed by atoms with Crippen LogP contribution < -0.4 is 10.5 Å². The van der Waals surface area contributed by atoms with Gasteiger partial charge in [0.05, 0.1) is 13.2 Å². The van der Waals surface area contributed by atoms with Gasteiger partial charge < -0.3 is 20.7 Å². The molecule has 4 N–H and O–H groups in total. The Morgan fingerprint density at radius 1 is 1.54 bits per heavy atom. The van der Waals surface area contributed by atoms with Crippen molar-refractivity contribution in [3.63, 3.8) is 0 Å². The van der Waals surface area contributed by atoms with Crippen LogP contribution in [0.4, 0.5) is 0 Å². The van der Waals surface area contributed by atoms with E-state index in [1.807, 2.05) is 0 Å². The number of benzene rings is 1. The minimum atomic E-state index is -0.828. The normalized spacial score (nSPS) is 12.5. The second-order valence-corrected chi connectivity index (χ2v) is 2.68. The molecule has 1 aromatic rings. The molecule has 0 aliphatic carbocycles. The molecule has 0 saturated carbocycles. The number of rotatable bonds is 3. The molecule has 72 valence electrons. The fourth-order valence-electron chi connectivity index (χ4n) is 1.06. The van der Waals surface area contributed by atoms with Crippen LogP contribution in [0.1, 0.15) is 11.7 Å². The lowest BCUT2D eigenvalue weighted by atomic mass is 10.1. The van der Waals surface area contributed by atoms with Crippen molar-refractivity contribution in [2.24, 2.45) is 5.73 Å². The summed E-state index contributed by atoms with van der Waals surface area (Å²) in [4.78, 5) is 0. The van der Waals surface area contributed by atoms with Crippen molar-refractivity contribution in [2.75, 3.05) is 13.7 Å². The highest BCUT2D eigenvalue weighted by Crippen LogP contribution is 2.27. The summed E-state index contributed by atoms with van der Waals surface area (Å²) in [6.45, 7) is 0.0832. The van der Waals surface area contributed by atoms with Gasteiger partial charge in [-0.3, -0.25) is 0 Å². The third-order valence-corrected chi connectivity index (χ3v) is 1.82. The van der Waals surface area contributed by atoms with Gasteiger partial charge in [0.1, 0.15) is 11.5 Å². The molecule has 0 radical (unpaired) electrons. The van der Waals surface area contributed by atoms with Crippen molar-refractivity contribution >= 4 is 0 Å². The zero-order valence-electron chi connectivity index (χ0n) is 7.40. The molecule has 13 heavy (non-hydrogen) atoms. The van der Waals surface area contributed by atoms with Gasteiger partial charge in [-0.15, -0.1) is 0 Å². The van der Waals surface area contributed by atoms with Crippen LogP contribution in [-0.4, -0.2) is 23.9 Å². The predicted octanol–water partition coefficient (Wildman–Crippen LogP) is 0.393. The van der Waals surface area contributed by atoms with Crippen LogP contribution in [0.3, 0.4) is 0 Å². The maximum atomic E-state index is 9.43. The third-order valence-electron chi connectivity index (χ3n) is 1.82. The van der Waals surface area contributed by atoms with Crippen LogP contribution >= 0.6 is 0 Å². The van der Waals surface area contributed by atoms with Crippen LogP contribution in [0.15, 0.2) is 18.2 Å². The van der Waals surface area contributed by atoms with E-state index in [1.165, 1.54) is 13.2 Å². The lowest BCUT2D eigenvalue weighted by Crippen LogP contribution is -2.11. The standard InChI is InChI=1S/C9H13NO3/c1-13-6-2-3-7(8(11)4-6)9(12)5-10/h2-4,9,11-12H,5,10H2,1H3/t9-/m1/s1.